The summed E-state index contributed by atoms with van der Waals surface area (Å²) in [6, 6.07) is 9.39. The van der Waals surface area contributed by atoms with E-state index in [0.717, 1.165) is 37.6 Å². The normalized spacial score (nSPS) is 16.4. The highest BCUT2D eigenvalue weighted by Gasteiger charge is 2.22. The van der Waals surface area contributed by atoms with Gasteiger partial charge in [0.25, 0.3) is 5.56 Å². The van der Waals surface area contributed by atoms with Gasteiger partial charge in [-0.05, 0) is 37.3 Å². The smallest absolute Gasteiger partial charge is 0.261 e. The molecule has 1 aliphatic heterocycles. The molecular weight excluding hydrogens is 372 g/mol. The lowest BCUT2D eigenvalue weighted by Gasteiger charge is -2.36. The van der Waals surface area contributed by atoms with Gasteiger partial charge in [0, 0.05) is 38.4 Å². The second-order valence-corrected chi connectivity index (χ2v) is 7.42. The SMILES string of the molecule is Cc1ccc(C(O)CN2CCN(c3ccc4c(=O)n(CCO)cnc4c3)CC2)o1. The Morgan fingerprint density at radius 3 is 2.66 bits per heavy atom. The van der Waals surface area contributed by atoms with E-state index in [1.54, 1.807) is 0 Å². The van der Waals surface area contributed by atoms with E-state index in [4.69, 9.17) is 9.52 Å². The number of benzene rings is 1. The highest BCUT2D eigenvalue weighted by molar-refractivity contribution is 5.81. The van der Waals surface area contributed by atoms with Crippen molar-refractivity contribution in [1.82, 2.24) is 14.5 Å². The van der Waals surface area contributed by atoms with E-state index in [-0.39, 0.29) is 18.7 Å². The predicted octanol–water partition coefficient (Wildman–Crippen LogP) is 1.15. The van der Waals surface area contributed by atoms with Crippen LogP contribution in [0, 0.1) is 6.92 Å². The maximum atomic E-state index is 12.4. The van der Waals surface area contributed by atoms with Crippen LogP contribution in [-0.4, -0.2) is 64.0 Å². The monoisotopic (exact) mass is 398 g/mol. The van der Waals surface area contributed by atoms with Gasteiger partial charge in [0.05, 0.1) is 30.4 Å². The first kappa shape index (κ1) is 19.6. The molecule has 0 radical (unpaired) electrons. The number of nitrogens with zero attached hydrogens (tertiary/aromatic N) is 4. The van der Waals surface area contributed by atoms with Crippen LogP contribution in [0.15, 0.2) is 45.9 Å². The molecule has 3 aromatic rings. The van der Waals surface area contributed by atoms with Crippen molar-refractivity contribution in [2.45, 2.75) is 19.6 Å². The van der Waals surface area contributed by atoms with E-state index in [0.29, 0.717) is 23.2 Å². The molecule has 2 aromatic heterocycles. The van der Waals surface area contributed by atoms with E-state index in [1.165, 1.54) is 10.9 Å². The molecule has 1 aliphatic rings. The van der Waals surface area contributed by atoms with Crippen LogP contribution in [-0.2, 0) is 6.54 Å². The van der Waals surface area contributed by atoms with Crippen molar-refractivity contribution < 1.29 is 14.6 Å². The van der Waals surface area contributed by atoms with Crippen LogP contribution in [0.1, 0.15) is 17.6 Å². The van der Waals surface area contributed by atoms with Crippen molar-refractivity contribution in [2.75, 3.05) is 44.2 Å². The fourth-order valence-electron chi connectivity index (χ4n) is 3.77. The first-order valence-corrected chi connectivity index (χ1v) is 9.87. The summed E-state index contributed by atoms with van der Waals surface area (Å²) in [5, 5.41) is 20.0. The van der Waals surface area contributed by atoms with Gasteiger partial charge in [-0.15, -0.1) is 0 Å². The second kappa shape index (κ2) is 8.36. The molecule has 4 rings (SSSR count). The number of fused-ring (bicyclic) bond motifs is 1. The number of hydrogen-bond acceptors (Lipinski definition) is 7. The first-order valence-electron chi connectivity index (χ1n) is 9.87. The number of aromatic nitrogens is 2. The fourth-order valence-corrected chi connectivity index (χ4v) is 3.77. The third-order valence-corrected chi connectivity index (χ3v) is 5.41. The fraction of sp³-hybridized carbons (Fsp3) is 0.429. The van der Waals surface area contributed by atoms with Gasteiger partial charge in [0.1, 0.15) is 17.6 Å². The average Bonchev–Trinajstić information content (AvgIpc) is 3.17. The van der Waals surface area contributed by atoms with Gasteiger partial charge in [-0.1, -0.05) is 0 Å². The number of β-amino-alcohol motifs (C(OH)–C–C–N with tert-alkyl or cyclic N) is 1. The molecule has 1 aromatic carbocycles. The molecule has 1 unspecified atom stereocenters. The number of aryl methyl sites for hydroxylation is 1. The Kier molecular flexibility index (Phi) is 5.66. The Morgan fingerprint density at radius 1 is 1.17 bits per heavy atom. The zero-order chi connectivity index (χ0) is 20.4. The third kappa shape index (κ3) is 4.19. The lowest BCUT2D eigenvalue weighted by Crippen LogP contribution is -2.47. The Balaban J connectivity index is 1.41. The van der Waals surface area contributed by atoms with Crippen LogP contribution in [0.3, 0.4) is 0 Å². The molecule has 8 nitrogen and oxygen atoms in total. The zero-order valence-electron chi connectivity index (χ0n) is 16.5. The summed E-state index contributed by atoms with van der Waals surface area (Å²) >= 11 is 0. The van der Waals surface area contributed by atoms with Gasteiger partial charge in [0.15, 0.2) is 0 Å². The quantitative estimate of drug-likeness (QED) is 0.643. The predicted molar refractivity (Wildman–Crippen MR) is 110 cm³/mol. The highest BCUT2D eigenvalue weighted by atomic mass is 16.4. The molecule has 0 spiro atoms. The van der Waals surface area contributed by atoms with Crippen molar-refractivity contribution in [3.05, 3.63) is 58.5 Å². The van der Waals surface area contributed by atoms with Crippen molar-refractivity contribution in [3.8, 4) is 0 Å². The molecule has 0 bridgehead atoms. The van der Waals surface area contributed by atoms with Gasteiger partial charge in [-0.2, -0.15) is 0 Å². The van der Waals surface area contributed by atoms with Crippen molar-refractivity contribution >= 4 is 16.6 Å². The Labute approximate surface area is 168 Å². The molecule has 2 N–H and O–H groups in total. The number of aliphatic hydroxyl groups excluding tert-OH is 2. The third-order valence-electron chi connectivity index (χ3n) is 5.41. The number of hydrogen-bond donors (Lipinski definition) is 2. The average molecular weight is 398 g/mol. The zero-order valence-corrected chi connectivity index (χ0v) is 16.5. The minimum absolute atomic E-state index is 0.0936. The summed E-state index contributed by atoms with van der Waals surface area (Å²) in [7, 11) is 0. The van der Waals surface area contributed by atoms with Crippen LogP contribution in [0.5, 0.6) is 0 Å². The van der Waals surface area contributed by atoms with Crippen LogP contribution in [0.25, 0.3) is 10.9 Å². The number of rotatable bonds is 6. The molecule has 8 heteroatoms. The van der Waals surface area contributed by atoms with Gasteiger partial charge in [0.2, 0.25) is 0 Å². The maximum absolute atomic E-state index is 12.4. The van der Waals surface area contributed by atoms with Crippen LogP contribution in [0.4, 0.5) is 5.69 Å². The summed E-state index contributed by atoms with van der Waals surface area (Å²) in [5.41, 5.74) is 1.56. The Morgan fingerprint density at radius 2 is 1.97 bits per heavy atom. The molecule has 29 heavy (non-hydrogen) atoms. The lowest BCUT2D eigenvalue weighted by molar-refractivity contribution is 0.0908. The van der Waals surface area contributed by atoms with Crippen LogP contribution >= 0.6 is 0 Å². The van der Waals surface area contributed by atoms with Gasteiger partial charge >= 0.3 is 0 Å². The first-order chi connectivity index (χ1) is 14.0. The second-order valence-electron chi connectivity index (χ2n) is 7.42. The molecule has 3 heterocycles. The summed E-state index contributed by atoms with van der Waals surface area (Å²) in [4.78, 5) is 21.3. The van der Waals surface area contributed by atoms with Gasteiger partial charge in [-0.25, -0.2) is 4.98 Å². The molecule has 0 saturated carbocycles. The summed E-state index contributed by atoms with van der Waals surface area (Å²) in [6.45, 7) is 5.90. The summed E-state index contributed by atoms with van der Waals surface area (Å²) in [6.07, 6.45) is 0.863. The molecule has 0 aliphatic carbocycles. The van der Waals surface area contributed by atoms with Gasteiger partial charge < -0.3 is 19.5 Å². The van der Waals surface area contributed by atoms with Crippen LogP contribution < -0.4 is 10.5 Å². The summed E-state index contributed by atoms with van der Waals surface area (Å²) < 4.78 is 6.94. The van der Waals surface area contributed by atoms with Crippen molar-refractivity contribution in [2.24, 2.45) is 0 Å². The minimum Gasteiger partial charge on any atom is -0.464 e. The molecule has 154 valence electrons. The number of furan rings is 1. The number of aliphatic hydroxyl groups is 2. The van der Waals surface area contributed by atoms with E-state index in [9.17, 15) is 9.90 Å². The Bertz CT molecular complexity index is 1040. The van der Waals surface area contributed by atoms with E-state index in [1.807, 2.05) is 37.3 Å². The van der Waals surface area contributed by atoms with Crippen molar-refractivity contribution in [3.63, 3.8) is 0 Å². The lowest BCUT2D eigenvalue weighted by atomic mass is 10.1. The van der Waals surface area contributed by atoms with E-state index < -0.39 is 6.10 Å². The minimum atomic E-state index is -0.624. The maximum Gasteiger partial charge on any atom is 0.261 e. The van der Waals surface area contributed by atoms with Crippen molar-refractivity contribution in [1.29, 1.82) is 0 Å². The van der Waals surface area contributed by atoms with Crippen LogP contribution in [0.2, 0.25) is 0 Å². The number of anilines is 1. The topological polar surface area (TPSA) is 95.0 Å². The molecule has 1 fully saturated rings. The van der Waals surface area contributed by atoms with E-state index >= 15 is 0 Å². The standard InChI is InChI=1S/C21H26N4O4/c1-15-2-5-20(29-15)19(27)13-23-6-8-24(9-7-23)16-3-4-17-18(12-16)22-14-25(10-11-26)21(17)28/h2-5,12,14,19,26-27H,6-11,13H2,1H3. The molecule has 0 amide bonds. The molecular formula is C21H26N4O4. The molecule has 1 atom stereocenters. The number of piperazine rings is 1. The Hall–Kier alpha value is -2.68. The largest absolute Gasteiger partial charge is 0.464 e. The van der Waals surface area contributed by atoms with E-state index in [2.05, 4.69) is 14.8 Å². The molecule has 1 saturated heterocycles. The van der Waals surface area contributed by atoms with Gasteiger partial charge in [-0.3, -0.25) is 14.3 Å². The summed E-state index contributed by atoms with van der Waals surface area (Å²) in [5.74, 6) is 1.41. The highest BCUT2D eigenvalue weighted by Crippen LogP contribution is 2.22.